The van der Waals surface area contributed by atoms with Gasteiger partial charge in [-0.1, -0.05) is 0 Å². The number of nitrogen functional groups attached to an aromatic ring is 1. The summed E-state index contributed by atoms with van der Waals surface area (Å²) in [5.41, 5.74) is 6.25. The molecule has 0 radical (unpaired) electrons. The van der Waals surface area contributed by atoms with Crippen molar-refractivity contribution in [2.45, 2.75) is 30.3 Å². The van der Waals surface area contributed by atoms with Crippen molar-refractivity contribution >= 4 is 17.4 Å². The highest BCUT2D eigenvalue weighted by Crippen LogP contribution is 2.27. The molecule has 1 saturated heterocycles. The number of thioether (sulfide) groups is 1. The highest BCUT2D eigenvalue weighted by atomic mass is 32.2. The highest BCUT2D eigenvalue weighted by Gasteiger charge is 2.15. The molecule has 0 aromatic heterocycles. The van der Waals surface area contributed by atoms with Crippen LogP contribution >= 0.6 is 11.8 Å². The molecule has 1 fully saturated rings. The van der Waals surface area contributed by atoms with Crippen molar-refractivity contribution < 1.29 is 9.13 Å². The Morgan fingerprint density at radius 3 is 3.06 bits per heavy atom. The molecule has 0 spiro atoms. The van der Waals surface area contributed by atoms with E-state index in [1.807, 2.05) is 0 Å². The van der Waals surface area contributed by atoms with Crippen molar-refractivity contribution in [2.24, 2.45) is 0 Å². The Morgan fingerprint density at radius 1 is 1.50 bits per heavy atom. The Hall–Kier alpha value is -0.740. The molecule has 1 aromatic carbocycles. The van der Waals surface area contributed by atoms with Crippen molar-refractivity contribution in [1.29, 1.82) is 0 Å². The molecule has 2 rings (SSSR count). The highest BCUT2D eigenvalue weighted by molar-refractivity contribution is 7.99. The topological polar surface area (TPSA) is 35.2 Å². The molecule has 1 aromatic rings. The van der Waals surface area contributed by atoms with Gasteiger partial charge < -0.3 is 10.5 Å². The standard InChI is InChI=1S/C12H16FNOS/c13-9-3-4-12(11(14)8-9)16-7-5-10-2-1-6-15-10/h3-4,8,10H,1-2,5-7,14H2. The van der Waals surface area contributed by atoms with Crippen LogP contribution in [0.15, 0.2) is 23.1 Å². The van der Waals surface area contributed by atoms with Crippen LogP contribution in [0.1, 0.15) is 19.3 Å². The fraction of sp³-hybridized carbons (Fsp3) is 0.500. The lowest BCUT2D eigenvalue weighted by atomic mass is 10.2. The second-order valence-electron chi connectivity index (χ2n) is 3.95. The Morgan fingerprint density at radius 2 is 2.38 bits per heavy atom. The number of anilines is 1. The summed E-state index contributed by atoms with van der Waals surface area (Å²) in [7, 11) is 0. The quantitative estimate of drug-likeness (QED) is 0.650. The van der Waals surface area contributed by atoms with Gasteiger partial charge in [-0.05, 0) is 37.5 Å². The molecular weight excluding hydrogens is 225 g/mol. The van der Waals surface area contributed by atoms with Crippen LogP contribution in [-0.4, -0.2) is 18.5 Å². The lowest BCUT2D eigenvalue weighted by Gasteiger charge is -2.09. The van der Waals surface area contributed by atoms with Crippen molar-refractivity contribution in [3.8, 4) is 0 Å². The van der Waals surface area contributed by atoms with E-state index in [0.29, 0.717) is 11.8 Å². The lowest BCUT2D eigenvalue weighted by Crippen LogP contribution is -2.05. The van der Waals surface area contributed by atoms with E-state index in [0.717, 1.165) is 23.7 Å². The number of rotatable bonds is 4. The van der Waals surface area contributed by atoms with E-state index in [-0.39, 0.29) is 5.82 Å². The molecule has 0 amide bonds. The maximum atomic E-state index is 12.8. The minimum absolute atomic E-state index is 0.277. The summed E-state index contributed by atoms with van der Waals surface area (Å²) in [6.45, 7) is 0.897. The molecule has 4 heteroatoms. The summed E-state index contributed by atoms with van der Waals surface area (Å²) < 4.78 is 18.3. The maximum Gasteiger partial charge on any atom is 0.125 e. The summed E-state index contributed by atoms with van der Waals surface area (Å²) in [4.78, 5) is 0.958. The van der Waals surface area contributed by atoms with Gasteiger partial charge >= 0.3 is 0 Å². The number of halogens is 1. The van der Waals surface area contributed by atoms with E-state index in [9.17, 15) is 4.39 Å². The predicted molar refractivity (Wildman–Crippen MR) is 65.1 cm³/mol. The van der Waals surface area contributed by atoms with Crippen molar-refractivity contribution in [1.82, 2.24) is 0 Å². The molecule has 0 saturated carbocycles. The summed E-state index contributed by atoms with van der Waals surface area (Å²) in [5, 5.41) is 0. The first-order valence-corrected chi connectivity index (χ1v) is 6.53. The van der Waals surface area contributed by atoms with Gasteiger partial charge in [0.2, 0.25) is 0 Å². The van der Waals surface area contributed by atoms with Gasteiger partial charge in [-0.15, -0.1) is 11.8 Å². The minimum Gasteiger partial charge on any atom is -0.398 e. The van der Waals surface area contributed by atoms with E-state index in [2.05, 4.69) is 0 Å². The van der Waals surface area contributed by atoms with Gasteiger partial charge in [-0.25, -0.2) is 4.39 Å². The molecule has 1 atom stereocenters. The number of benzene rings is 1. The fourth-order valence-electron chi connectivity index (χ4n) is 1.82. The van der Waals surface area contributed by atoms with Gasteiger partial charge in [0.05, 0.1) is 6.10 Å². The monoisotopic (exact) mass is 241 g/mol. The van der Waals surface area contributed by atoms with Crippen LogP contribution < -0.4 is 5.73 Å². The Balaban J connectivity index is 1.80. The van der Waals surface area contributed by atoms with Gasteiger partial charge in [-0.2, -0.15) is 0 Å². The summed E-state index contributed by atoms with van der Waals surface area (Å²) in [6.07, 6.45) is 3.80. The van der Waals surface area contributed by atoms with E-state index < -0.39 is 0 Å². The first-order chi connectivity index (χ1) is 7.75. The molecule has 16 heavy (non-hydrogen) atoms. The Labute approximate surface area is 99.4 Å². The SMILES string of the molecule is Nc1cc(F)ccc1SCCC1CCCO1. The molecule has 1 aliphatic heterocycles. The average Bonchev–Trinajstić information content (AvgIpc) is 2.74. The molecule has 2 N–H and O–H groups in total. The minimum atomic E-state index is -0.277. The van der Waals surface area contributed by atoms with E-state index in [4.69, 9.17) is 10.5 Å². The van der Waals surface area contributed by atoms with Crippen LogP contribution in [0.4, 0.5) is 10.1 Å². The molecular formula is C12H16FNOS. The van der Waals surface area contributed by atoms with Crippen LogP contribution in [0.5, 0.6) is 0 Å². The predicted octanol–water partition coefficient (Wildman–Crippen LogP) is 3.07. The second-order valence-corrected chi connectivity index (χ2v) is 5.09. The number of ether oxygens (including phenoxy) is 1. The van der Waals surface area contributed by atoms with Crippen molar-refractivity contribution in [3.63, 3.8) is 0 Å². The lowest BCUT2D eigenvalue weighted by molar-refractivity contribution is 0.109. The zero-order valence-corrected chi connectivity index (χ0v) is 9.93. The summed E-state index contributed by atoms with van der Waals surface area (Å²) in [5.74, 6) is 0.696. The molecule has 88 valence electrons. The zero-order chi connectivity index (χ0) is 11.4. The molecule has 1 heterocycles. The smallest absolute Gasteiger partial charge is 0.125 e. The van der Waals surface area contributed by atoms with E-state index in [1.165, 1.54) is 25.0 Å². The second kappa shape index (κ2) is 5.55. The normalized spacial score (nSPS) is 20.2. The van der Waals surface area contributed by atoms with Crippen LogP contribution in [0, 0.1) is 5.82 Å². The number of nitrogens with two attached hydrogens (primary N) is 1. The largest absolute Gasteiger partial charge is 0.398 e. The van der Waals surface area contributed by atoms with Gasteiger partial charge in [-0.3, -0.25) is 0 Å². The van der Waals surface area contributed by atoms with Gasteiger partial charge in [0, 0.05) is 22.9 Å². The number of hydrogen-bond acceptors (Lipinski definition) is 3. The van der Waals surface area contributed by atoms with Crippen molar-refractivity contribution in [2.75, 3.05) is 18.1 Å². The van der Waals surface area contributed by atoms with Gasteiger partial charge in [0.15, 0.2) is 0 Å². The van der Waals surface area contributed by atoms with E-state index >= 15 is 0 Å². The Bertz CT molecular complexity index is 353. The molecule has 0 bridgehead atoms. The molecule has 2 nitrogen and oxygen atoms in total. The average molecular weight is 241 g/mol. The third-order valence-electron chi connectivity index (χ3n) is 2.69. The molecule has 1 unspecified atom stereocenters. The summed E-state index contributed by atoms with van der Waals surface area (Å²) >= 11 is 1.67. The van der Waals surface area contributed by atoms with Crippen molar-refractivity contribution in [3.05, 3.63) is 24.0 Å². The van der Waals surface area contributed by atoms with E-state index in [1.54, 1.807) is 17.8 Å². The molecule has 0 aliphatic carbocycles. The number of hydrogen-bond donors (Lipinski definition) is 1. The first kappa shape index (κ1) is 11.7. The third kappa shape index (κ3) is 3.12. The van der Waals surface area contributed by atoms with Crippen LogP contribution in [0.3, 0.4) is 0 Å². The first-order valence-electron chi connectivity index (χ1n) is 5.55. The molecule has 1 aliphatic rings. The Kier molecular flexibility index (Phi) is 4.07. The van der Waals surface area contributed by atoms with Gasteiger partial charge in [0.1, 0.15) is 5.82 Å². The fourth-order valence-corrected chi connectivity index (χ4v) is 2.81. The van der Waals surface area contributed by atoms with Crippen LogP contribution in [0.2, 0.25) is 0 Å². The van der Waals surface area contributed by atoms with Crippen LogP contribution in [-0.2, 0) is 4.74 Å². The van der Waals surface area contributed by atoms with Crippen LogP contribution in [0.25, 0.3) is 0 Å². The maximum absolute atomic E-state index is 12.8. The zero-order valence-electron chi connectivity index (χ0n) is 9.12. The van der Waals surface area contributed by atoms with Gasteiger partial charge in [0.25, 0.3) is 0 Å². The summed E-state index contributed by atoms with van der Waals surface area (Å²) in [6, 6.07) is 4.56. The third-order valence-corrected chi connectivity index (χ3v) is 3.82.